The van der Waals surface area contributed by atoms with Crippen LogP contribution in [0.15, 0.2) is 117 Å². The van der Waals surface area contributed by atoms with Gasteiger partial charge in [0.05, 0.1) is 5.39 Å². The molecule has 162 valence electrons. The quantitative estimate of drug-likeness (QED) is 0.242. The lowest BCUT2D eigenvalue weighted by molar-refractivity contribution is 0.306. The van der Waals surface area contributed by atoms with Crippen molar-refractivity contribution < 1.29 is 13.9 Å². The summed E-state index contributed by atoms with van der Waals surface area (Å²) in [5, 5.41) is 0.434. The van der Waals surface area contributed by atoms with Crippen LogP contribution in [-0.2, 0) is 6.61 Å². The van der Waals surface area contributed by atoms with Crippen LogP contribution in [0.5, 0.6) is 17.2 Å². The van der Waals surface area contributed by atoms with Crippen molar-refractivity contribution in [3.63, 3.8) is 0 Å². The smallest absolute Gasteiger partial charge is 0.235 e. The van der Waals surface area contributed by atoms with Crippen molar-refractivity contribution in [3.05, 3.63) is 124 Å². The fraction of sp³-hybridized carbons (Fsp3) is 0.0357. The average molecular weight is 499 g/mol. The largest absolute Gasteiger partial charge is 0.489 e. The van der Waals surface area contributed by atoms with Gasteiger partial charge in [0.15, 0.2) is 0 Å². The van der Waals surface area contributed by atoms with Gasteiger partial charge in [-0.05, 0) is 53.1 Å². The Kier molecular flexibility index (Phi) is 5.96. The summed E-state index contributed by atoms with van der Waals surface area (Å²) in [4.78, 5) is 12.9. The molecule has 0 amide bonds. The first kappa shape index (κ1) is 21.0. The normalized spacial score (nSPS) is 10.8. The minimum Gasteiger partial charge on any atom is -0.489 e. The molecule has 0 aliphatic rings. The van der Waals surface area contributed by atoms with Gasteiger partial charge in [0.2, 0.25) is 11.2 Å². The summed E-state index contributed by atoms with van der Waals surface area (Å²) in [5.41, 5.74) is 3.43. The Hall–Kier alpha value is -3.83. The number of ether oxygens (including phenoxy) is 2. The third kappa shape index (κ3) is 4.83. The van der Waals surface area contributed by atoms with E-state index in [9.17, 15) is 4.79 Å². The molecule has 0 N–H and O–H groups in total. The predicted octanol–water partition coefficient (Wildman–Crippen LogP) is 7.59. The van der Waals surface area contributed by atoms with Gasteiger partial charge in [-0.1, -0.05) is 70.5 Å². The fourth-order valence-electron chi connectivity index (χ4n) is 3.52. The molecule has 1 heterocycles. The van der Waals surface area contributed by atoms with Gasteiger partial charge in [-0.15, -0.1) is 0 Å². The molecule has 1 aromatic heterocycles. The maximum Gasteiger partial charge on any atom is 0.235 e. The summed E-state index contributed by atoms with van der Waals surface area (Å²) in [6, 6.07) is 30.7. The molecule has 0 bridgehead atoms. The lowest BCUT2D eigenvalue weighted by Gasteiger charge is -2.09. The molecule has 5 rings (SSSR count). The summed E-state index contributed by atoms with van der Waals surface area (Å²) in [6.45, 7) is 0.412. The van der Waals surface area contributed by atoms with Gasteiger partial charge in [-0.3, -0.25) is 4.79 Å². The van der Waals surface area contributed by atoms with Crippen LogP contribution >= 0.6 is 15.9 Å². The Morgan fingerprint density at radius 1 is 0.758 bits per heavy atom. The Labute approximate surface area is 199 Å². The highest BCUT2D eigenvalue weighted by Crippen LogP contribution is 2.27. The number of benzene rings is 4. The van der Waals surface area contributed by atoms with Crippen LogP contribution < -0.4 is 14.9 Å². The molecular formula is C28H19BrO4. The number of hydrogen-bond acceptors (Lipinski definition) is 4. The Morgan fingerprint density at radius 3 is 2.30 bits per heavy atom. The zero-order chi connectivity index (χ0) is 22.6. The second kappa shape index (κ2) is 9.35. The first-order valence-electron chi connectivity index (χ1n) is 10.4. The zero-order valence-electron chi connectivity index (χ0n) is 17.5. The van der Waals surface area contributed by atoms with Crippen LogP contribution in [0.1, 0.15) is 5.56 Å². The molecule has 33 heavy (non-hydrogen) atoms. The minimum absolute atomic E-state index is 0.137. The second-order valence-corrected chi connectivity index (χ2v) is 8.41. The van der Waals surface area contributed by atoms with Gasteiger partial charge in [-0.25, -0.2) is 0 Å². The van der Waals surface area contributed by atoms with Crippen molar-refractivity contribution in [1.29, 1.82) is 0 Å². The molecule has 4 aromatic carbocycles. The first-order valence-corrected chi connectivity index (χ1v) is 11.2. The van der Waals surface area contributed by atoms with Gasteiger partial charge < -0.3 is 13.9 Å². The maximum atomic E-state index is 12.9. The van der Waals surface area contributed by atoms with Gasteiger partial charge in [0.25, 0.3) is 0 Å². The first-order chi connectivity index (χ1) is 16.2. The number of halogens is 1. The van der Waals surface area contributed by atoms with E-state index in [1.807, 2.05) is 78.9 Å². The molecule has 4 nitrogen and oxygen atoms in total. The van der Waals surface area contributed by atoms with Gasteiger partial charge in [-0.2, -0.15) is 0 Å². The van der Waals surface area contributed by atoms with Crippen molar-refractivity contribution in [1.82, 2.24) is 0 Å². The zero-order valence-corrected chi connectivity index (χ0v) is 19.1. The number of hydrogen-bond donors (Lipinski definition) is 0. The number of fused-ring (bicyclic) bond motifs is 1. The standard InChI is InChI=1S/C28H19BrO4/c29-22-8-4-5-19(15-22)17-31-24-13-14-25-26(16-24)32-18-27(28(25)30)33-23-11-9-21(10-12-23)20-6-2-1-3-7-20/h1-16,18H,17H2. The van der Waals surface area contributed by atoms with Gasteiger partial charge in [0.1, 0.15) is 30.0 Å². The second-order valence-electron chi connectivity index (χ2n) is 7.50. The maximum absolute atomic E-state index is 12.9. The highest BCUT2D eigenvalue weighted by molar-refractivity contribution is 9.10. The van der Waals surface area contributed by atoms with E-state index in [0.29, 0.717) is 29.1 Å². The molecule has 0 spiro atoms. The van der Waals surface area contributed by atoms with Crippen LogP contribution in [0, 0.1) is 0 Å². The van der Waals surface area contributed by atoms with E-state index >= 15 is 0 Å². The molecule has 0 fully saturated rings. The SMILES string of the molecule is O=c1c(Oc2ccc(-c3ccccc3)cc2)coc2cc(OCc3cccc(Br)c3)ccc12. The van der Waals surface area contributed by atoms with Crippen LogP contribution in [-0.4, -0.2) is 0 Å². The summed E-state index contributed by atoms with van der Waals surface area (Å²) in [5.74, 6) is 1.32. The molecule has 5 heteroatoms. The third-order valence-electron chi connectivity index (χ3n) is 5.20. The third-order valence-corrected chi connectivity index (χ3v) is 5.69. The van der Waals surface area contributed by atoms with Crippen molar-refractivity contribution in [3.8, 4) is 28.4 Å². The highest BCUT2D eigenvalue weighted by atomic mass is 79.9. The highest BCUT2D eigenvalue weighted by Gasteiger charge is 2.11. The Bertz CT molecular complexity index is 1460. The van der Waals surface area contributed by atoms with Crippen LogP contribution in [0.4, 0.5) is 0 Å². The molecular weight excluding hydrogens is 480 g/mol. The molecule has 0 saturated carbocycles. The van der Waals surface area contributed by atoms with Crippen molar-refractivity contribution in [2.75, 3.05) is 0 Å². The van der Waals surface area contributed by atoms with E-state index in [-0.39, 0.29) is 11.2 Å². The van der Waals surface area contributed by atoms with Crippen LogP contribution in [0.2, 0.25) is 0 Å². The predicted molar refractivity (Wildman–Crippen MR) is 133 cm³/mol. The van der Waals surface area contributed by atoms with E-state index < -0.39 is 0 Å². The topological polar surface area (TPSA) is 48.7 Å². The summed E-state index contributed by atoms with van der Waals surface area (Å²) >= 11 is 3.46. The van der Waals surface area contributed by atoms with Gasteiger partial charge in [0, 0.05) is 10.5 Å². The average Bonchev–Trinajstić information content (AvgIpc) is 2.85. The number of rotatable bonds is 6. The van der Waals surface area contributed by atoms with Crippen molar-refractivity contribution in [2.24, 2.45) is 0 Å². The van der Waals surface area contributed by atoms with Crippen LogP contribution in [0.25, 0.3) is 22.1 Å². The van der Waals surface area contributed by atoms with E-state index in [2.05, 4.69) is 15.9 Å². The van der Waals surface area contributed by atoms with E-state index in [1.54, 1.807) is 18.2 Å². The van der Waals surface area contributed by atoms with Crippen molar-refractivity contribution in [2.45, 2.75) is 6.61 Å². The Morgan fingerprint density at radius 2 is 1.52 bits per heavy atom. The lowest BCUT2D eigenvalue weighted by Crippen LogP contribution is -2.05. The molecule has 0 atom stereocenters. The fourth-order valence-corrected chi connectivity index (χ4v) is 3.96. The molecule has 0 radical (unpaired) electrons. The van der Waals surface area contributed by atoms with Crippen molar-refractivity contribution >= 4 is 26.9 Å². The van der Waals surface area contributed by atoms with E-state index in [0.717, 1.165) is 21.2 Å². The van der Waals surface area contributed by atoms with Gasteiger partial charge >= 0.3 is 0 Å². The minimum atomic E-state index is -0.234. The monoisotopic (exact) mass is 498 g/mol. The molecule has 0 aliphatic carbocycles. The lowest BCUT2D eigenvalue weighted by atomic mass is 10.1. The summed E-state index contributed by atoms with van der Waals surface area (Å²) in [7, 11) is 0. The van der Waals surface area contributed by atoms with E-state index in [1.165, 1.54) is 6.26 Å². The summed E-state index contributed by atoms with van der Waals surface area (Å²) < 4.78 is 18.4. The summed E-state index contributed by atoms with van der Waals surface area (Å²) in [6.07, 6.45) is 1.34. The molecule has 0 saturated heterocycles. The van der Waals surface area contributed by atoms with E-state index in [4.69, 9.17) is 13.9 Å². The van der Waals surface area contributed by atoms with Crippen LogP contribution in [0.3, 0.4) is 0 Å². The molecule has 0 aliphatic heterocycles. The Balaban J connectivity index is 1.33. The molecule has 0 unspecified atom stereocenters. The molecule has 5 aromatic rings.